The smallest absolute Gasteiger partial charge is 0.329 e. The number of urea groups is 1. The molecule has 132 valence electrons. The molecule has 3 amide bonds. The maximum atomic E-state index is 13.0. The van der Waals surface area contributed by atoms with E-state index in [-0.39, 0.29) is 24.7 Å². The Bertz CT molecular complexity index is 875. The number of hydrogen-bond acceptors (Lipinski definition) is 3. The Hall–Kier alpha value is -3.41. The fourth-order valence-corrected chi connectivity index (χ4v) is 2.49. The Kier molecular flexibility index (Phi) is 5.12. The Balaban J connectivity index is 1.79. The molecule has 0 saturated carbocycles. The van der Waals surface area contributed by atoms with Crippen LogP contribution in [0.2, 0.25) is 0 Å². The quantitative estimate of drug-likeness (QED) is 0.492. The molecule has 6 heteroatoms. The van der Waals surface area contributed by atoms with Gasteiger partial charge in [0.15, 0.2) is 0 Å². The Morgan fingerprint density at radius 1 is 1.12 bits per heavy atom. The van der Waals surface area contributed by atoms with E-state index in [4.69, 9.17) is 4.74 Å². The third-order valence-electron chi connectivity index (χ3n) is 3.80. The van der Waals surface area contributed by atoms with Crippen molar-refractivity contribution in [3.8, 4) is 5.75 Å². The zero-order valence-electron chi connectivity index (χ0n) is 13.9. The number of imide groups is 1. The van der Waals surface area contributed by atoms with E-state index < -0.39 is 11.9 Å². The number of nitrogens with one attached hydrogen (secondary N) is 1. The van der Waals surface area contributed by atoms with Crippen LogP contribution < -0.4 is 10.1 Å². The highest BCUT2D eigenvalue weighted by atomic mass is 19.1. The van der Waals surface area contributed by atoms with Crippen LogP contribution in [0.4, 0.5) is 9.18 Å². The average molecular weight is 352 g/mol. The summed E-state index contributed by atoms with van der Waals surface area (Å²) in [4.78, 5) is 25.2. The molecule has 0 spiro atoms. The molecule has 26 heavy (non-hydrogen) atoms. The van der Waals surface area contributed by atoms with Gasteiger partial charge in [-0.25, -0.2) is 9.18 Å². The van der Waals surface area contributed by atoms with Crippen LogP contribution in [-0.4, -0.2) is 23.4 Å². The van der Waals surface area contributed by atoms with E-state index in [1.807, 2.05) is 0 Å². The molecule has 1 aliphatic heterocycles. The number of ether oxygens (including phenoxy) is 1. The number of para-hydroxylation sites is 1. The van der Waals surface area contributed by atoms with E-state index in [2.05, 4.69) is 11.9 Å². The summed E-state index contributed by atoms with van der Waals surface area (Å²) < 4.78 is 18.8. The second kappa shape index (κ2) is 7.65. The molecule has 1 fully saturated rings. The van der Waals surface area contributed by atoms with Crippen molar-refractivity contribution < 1.29 is 18.7 Å². The van der Waals surface area contributed by atoms with Crippen LogP contribution in [-0.2, 0) is 11.4 Å². The standard InChI is InChI=1S/C20H17FN2O3/c1-2-11-23-19(24)17(22-20(23)25)12-15-5-3-4-6-18(15)26-13-14-7-9-16(21)10-8-14/h2-10,12H,1,11,13H2,(H,22,25)/b17-12+. The van der Waals surface area contributed by atoms with Gasteiger partial charge in [0.25, 0.3) is 5.91 Å². The predicted octanol–water partition coefficient (Wildman–Crippen LogP) is 3.48. The molecule has 0 atom stereocenters. The summed E-state index contributed by atoms with van der Waals surface area (Å²) in [7, 11) is 0. The number of hydrogen-bond donors (Lipinski definition) is 1. The van der Waals surface area contributed by atoms with Gasteiger partial charge < -0.3 is 10.1 Å². The maximum Gasteiger partial charge on any atom is 0.329 e. The fraction of sp³-hybridized carbons (Fsp3) is 0.100. The van der Waals surface area contributed by atoms with Crippen molar-refractivity contribution in [2.45, 2.75) is 6.61 Å². The normalized spacial score (nSPS) is 15.3. The second-order valence-corrected chi connectivity index (χ2v) is 5.65. The van der Waals surface area contributed by atoms with Crippen LogP contribution in [0.3, 0.4) is 0 Å². The molecule has 0 unspecified atom stereocenters. The summed E-state index contributed by atoms with van der Waals surface area (Å²) in [6, 6.07) is 12.7. The van der Waals surface area contributed by atoms with E-state index in [9.17, 15) is 14.0 Å². The van der Waals surface area contributed by atoms with Gasteiger partial charge in [-0.05, 0) is 29.8 Å². The van der Waals surface area contributed by atoms with Crippen LogP contribution in [0.5, 0.6) is 5.75 Å². The third kappa shape index (κ3) is 3.80. The lowest BCUT2D eigenvalue weighted by atomic mass is 10.1. The SMILES string of the molecule is C=CCN1C(=O)N/C(=C/c2ccccc2OCc2ccc(F)cc2)C1=O. The van der Waals surface area contributed by atoms with Gasteiger partial charge in [0.05, 0.1) is 0 Å². The minimum absolute atomic E-state index is 0.144. The minimum atomic E-state index is -0.481. The van der Waals surface area contributed by atoms with E-state index in [0.717, 1.165) is 10.5 Å². The van der Waals surface area contributed by atoms with Gasteiger partial charge in [-0.1, -0.05) is 36.4 Å². The summed E-state index contributed by atoms with van der Waals surface area (Å²) in [6.45, 7) is 3.93. The zero-order valence-corrected chi connectivity index (χ0v) is 13.9. The highest BCUT2D eigenvalue weighted by molar-refractivity contribution is 6.14. The second-order valence-electron chi connectivity index (χ2n) is 5.65. The molecule has 1 N–H and O–H groups in total. The highest BCUT2D eigenvalue weighted by Gasteiger charge is 2.32. The van der Waals surface area contributed by atoms with E-state index in [1.165, 1.54) is 18.2 Å². The van der Waals surface area contributed by atoms with Crippen molar-refractivity contribution in [1.29, 1.82) is 0 Å². The molecule has 1 saturated heterocycles. The Labute approximate surface area is 150 Å². The van der Waals surface area contributed by atoms with Crippen molar-refractivity contribution in [3.05, 3.63) is 83.8 Å². The largest absolute Gasteiger partial charge is 0.488 e. The number of carbonyl (C=O) groups excluding carboxylic acids is 2. The number of rotatable bonds is 6. The number of benzene rings is 2. The van der Waals surface area contributed by atoms with Gasteiger partial charge in [-0.3, -0.25) is 9.69 Å². The Morgan fingerprint density at radius 2 is 1.85 bits per heavy atom. The van der Waals surface area contributed by atoms with Gasteiger partial charge in [0.2, 0.25) is 0 Å². The number of nitrogens with zero attached hydrogens (tertiary/aromatic N) is 1. The molecule has 0 radical (unpaired) electrons. The van der Waals surface area contributed by atoms with Gasteiger partial charge in [-0.15, -0.1) is 6.58 Å². The molecule has 0 bridgehead atoms. The van der Waals surface area contributed by atoms with Crippen LogP contribution in [0, 0.1) is 5.82 Å². The molecule has 2 aromatic rings. The number of amides is 3. The van der Waals surface area contributed by atoms with E-state index in [0.29, 0.717) is 11.3 Å². The number of carbonyl (C=O) groups is 2. The summed E-state index contributed by atoms with van der Waals surface area (Å²) in [5.74, 6) is -0.171. The summed E-state index contributed by atoms with van der Waals surface area (Å²) in [6.07, 6.45) is 3.06. The predicted molar refractivity (Wildman–Crippen MR) is 95.6 cm³/mol. The maximum absolute atomic E-state index is 13.0. The highest BCUT2D eigenvalue weighted by Crippen LogP contribution is 2.23. The first-order valence-electron chi connectivity index (χ1n) is 8.00. The molecule has 0 aliphatic carbocycles. The summed E-state index contributed by atoms with van der Waals surface area (Å²) in [5.41, 5.74) is 1.64. The van der Waals surface area contributed by atoms with Crippen molar-refractivity contribution in [3.63, 3.8) is 0 Å². The Morgan fingerprint density at radius 3 is 2.58 bits per heavy atom. The van der Waals surface area contributed by atoms with Gasteiger partial charge in [0, 0.05) is 12.1 Å². The first kappa shape index (κ1) is 17.4. The van der Waals surface area contributed by atoms with Crippen molar-refractivity contribution in [2.24, 2.45) is 0 Å². The molecule has 1 aliphatic rings. The first-order chi connectivity index (χ1) is 12.6. The van der Waals surface area contributed by atoms with Crippen LogP contribution in [0.25, 0.3) is 6.08 Å². The van der Waals surface area contributed by atoms with E-state index in [1.54, 1.807) is 42.5 Å². The molecule has 3 rings (SSSR count). The molecule has 0 aromatic heterocycles. The topological polar surface area (TPSA) is 58.6 Å². The van der Waals surface area contributed by atoms with E-state index >= 15 is 0 Å². The lowest BCUT2D eigenvalue weighted by Gasteiger charge is -2.10. The molecule has 1 heterocycles. The van der Waals surface area contributed by atoms with Gasteiger partial charge in [-0.2, -0.15) is 0 Å². The van der Waals surface area contributed by atoms with Crippen LogP contribution in [0.1, 0.15) is 11.1 Å². The first-order valence-corrected chi connectivity index (χ1v) is 8.00. The third-order valence-corrected chi connectivity index (χ3v) is 3.80. The van der Waals surface area contributed by atoms with Crippen LogP contribution >= 0.6 is 0 Å². The van der Waals surface area contributed by atoms with Crippen molar-refractivity contribution in [1.82, 2.24) is 10.2 Å². The summed E-state index contributed by atoms with van der Waals surface area (Å²) in [5, 5.41) is 2.55. The molecular weight excluding hydrogens is 335 g/mol. The lowest BCUT2D eigenvalue weighted by molar-refractivity contribution is -0.122. The monoisotopic (exact) mass is 352 g/mol. The zero-order chi connectivity index (χ0) is 18.5. The summed E-state index contributed by atoms with van der Waals surface area (Å²) >= 11 is 0. The molecule has 5 nitrogen and oxygen atoms in total. The lowest BCUT2D eigenvalue weighted by Crippen LogP contribution is -2.30. The van der Waals surface area contributed by atoms with Gasteiger partial charge >= 0.3 is 6.03 Å². The molecule has 2 aromatic carbocycles. The van der Waals surface area contributed by atoms with Gasteiger partial charge in [0.1, 0.15) is 23.9 Å². The fourth-order valence-electron chi connectivity index (χ4n) is 2.49. The van der Waals surface area contributed by atoms with Crippen molar-refractivity contribution >= 4 is 18.0 Å². The average Bonchev–Trinajstić information content (AvgIpc) is 2.90. The van der Waals surface area contributed by atoms with Crippen LogP contribution in [0.15, 0.2) is 66.9 Å². The molecular formula is C20H17FN2O3. The minimum Gasteiger partial charge on any atom is -0.488 e. The van der Waals surface area contributed by atoms with Crippen molar-refractivity contribution in [2.75, 3.05) is 6.54 Å². The number of halogens is 1.